The molecule has 0 aliphatic carbocycles. The van der Waals surface area contributed by atoms with Crippen molar-refractivity contribution >= 4 is 19.4 Å². The van der Waals surface area contributed by atoms with Crippen molar-refractivity contribution in [3.63, 3.8) is 0 Å². The number of unbranched alkanes of at least 4 members (excludes halogenated alkanes) is 3. The van der Waals surface area contributed by atoms with Crippen LogP contribution in [-0.4, -0.2) is 15.0 Å². The van der Waals surface area contributed by atoms with Crippen LogP contribution >= 0.6 is 0 Å². The van der Waals surface area contributed by atoms with E-state index < -0.39 is 0 Å². The third-order valence-corrected chi connectivity index (χ3v) is 5.83. The molecule has 0 aromatic heterocycles. The van der Waals surface area contributed by atoms with Crippen molar-refractivity contribution in [3.05, 3.63) is 30.3 Å². The van der Waals surface area contributed by atoms with Gasteiger partial charge < -0.3 is 0 Å². The van der Waals surface area contributed by atoms with Crippen molar-refractivity contribution < 1.29 is 0 Å². The molecule has 1 rings (SSSR count). The predicted molar refractivity (Wildman–Crippen MR) is 79.2 cm³/mol. The summed E-state index contributed by atoms with van der Waals surface area (Å²) in [5.74, 6) is 0. The first kappa shape index (κ1) is 15.3. The van der Waals surface area contributed by atoms with E-state index in [1.165, 1.54) is 36.6 Å². The molecule has 18 heavy (non-hydrogen) atoms. The molecule has 0 N–H and O–H groups in total. The average molecular weight is 308 g/mol. The normalized spacial score (nSPS) is 12.0. The van der Waals surface area contributed by atoms with Crippen LogP contribution in [0, 0.1) is 11.3 Å². The first-order chi connectivity index (χ1) is 8.86. The molecule has 0 amide bonds. The fraction of sp³-hybridized carbons (Fsp3) is 0.562. The second-order valence-corrected chi connectivity index (χ2v) is 7.48. The van der Waals surface area contributed by atoms with Gasteiger partial charge in [-0.05, 0) is 0 Å². The van der Waals surface area contributed by atoms with Gasteiger partial charge in [-0.2, -0.15) is 0 Å². The maximum absolute atomic E-state index is 8.75. The monoisotopic (exact) mass is 309 g/mol. The Hall–Kier alpha value is -0.771. The van der Waals surface area contributed by atoms with Gasteiger partial charge in [-0.1, -0.05) is 0 Å². The van der Waals surface area contributed by atoms with E-state index in [-0.39, 0.29) is 0 Å². The van der Waals surface area contributed by atoms with Gasteiger partial charge in [0.25, 0.3) is 0 Å². The average Bonchev–Trinajstić information content (AvgIpc) is 2.41. The van der Waals surface area contributed by atoms with Gasteiger partial charge in [0.1, 0.15) is 0 Å². The quantitative estimate of drug-likeness (QED) is 0.498. The number of rotatable bonds is 9. The van der Waals surface area contributed by atoms with Gasteiger partial charge in [-0.3, -0.25) is 0 Å². The Balaban J connectivity index is 2.37. The van der Waals surface area contributed by atoms with Crippen LogP contribution < -0.4 is 4.46 Å². The fourth-order valence-corrected chi connectivity index (χ4v) is 4.54. The third kappa shape index (κ3) is 6.84. The van der Waals surface area contributed by atoms with Crippen molar-refractivity contribution in [2.75, 3.05) is 0 Å². The van der Waals surface area contributed by atoms with Gasteiger partial charge in [-0.15, -0.1) is 0 Å². The summed E-state index contributed by atoms with van der Waals surface area (Å²) >= 11 is 0.532. The molecule has 1 aromatic rings. The van der Waals surface area contributed by atoms with Crippen LogP contribution in [0.5, 0.6) is 0 Å². The number of nitrogens with zero attached hydrogens (tertiary/aromatic N) is 1. The van der Waals surface area contributed by atoms with E-state index >= 15 is 0 Å². The summed E-state index contributed by atoms with van der Waals surface area (Å²) in [6.07, 6.45) is 8.43. The Bertz CT molecular complexity index is 342. The Morgan fingerprint density at radius 3 is 2.56 bits per heavy atom. The van der Waals surface area contributed by atoms with Gasteiger partial charge in [0.15, 0.2) is 0 Å². The zero-order chi connectivity index (χ0) is 13.1. The van der Waals surface area contributed by atoms with E-state index in [2.05, 4.69) is 43.3 Å². The van der Waals surface area contributed by atoms with Crippen LogP contribution in [0.3, 0.4) is 0 Å². The van der Waals surface area contributed by atoms with Crippen LogP contribution in [0.25, 0.3) is 0 Å². The van der Waals surface area contributed by atoms with Crippen LogP contribution in [0.1, 0.15) is 51.9 Å². The Labute approximate surface area is 118 Å². The maximum atomic E-state index is 8.75. The van der Waals surface area contributed by atoms with Crippen molar-refractivity contribution in [3.8, 4) is 6.07 Å². The second kappa shape index (κ2) is 10.2. The Morgan fingerprint density at radius 1 is 1.11 bits per heavy atom. The molecule has 1 atom stereocenters. The van der Waals surface area contributed by atoms with E-state index in [0.29, 0.717) is 21.4 Å². The van der Waals surface area contributed by atoms with Gasteiger partial charge in [0.05, 0.1) is 0 Å². The topological polar surface area (TPSA) is 23.8 Å². The molecule has 0 saturated heterocycles. The van der Waals surface area contributed by atoms with E-state index in [1.807, 2.05) is 0 Å². The fourth-order valence-electron chi connectivity index (χ4n) is 1.98. The number of benzene rings is 1. The molecule has 0 spiro atoms. The molecule has 2 heteroatoms. The van der Waals surface area contributed by atoms with Crippen LogP contribution in [-0.2, 0) is 0 Å². The van der Waals surface area contributed by atoms with Crippen molar-refractivity contribution in [2.45, 2.75) is 56.7 Å². The third-order valence-electron chi connectivity index (χ3n) is 3.00. The van der Waals surface area contributed by atoms with Crippen molar-refractivity contribution in [1.82, 2.24) is 0 Å². The minimum atomic E-state index is 0.532. The van der Waals surface area contributed by atoms with E-state index in [1.54, 1.807) is 0 Å². The van der Waals surface area contributed by atoms with E-state index in [0.717, 1.165) is 11.2 Å². The number of nitriles is 1. The summed E-state index contributed by atoms with van der Waals surface area (Å²) in [6.45, 7) is 2.25. The van der Waals surface area contributed by atoms with E-state index in [9.17, 15) is 0 Å². The molecular formula is C16H23NSe. The molecule has 0 fully saturated rings. The molecule has 0 saturated carbocycles. The van der Waals surface area contributed by atoms with Gasteiger partial charge >= 0.3 is 118 Å². The van der Waals surface area contributed by atoms with Crippen molar-refractivity contribution in [2.24, 2.45) is 0 Å². The van der Waals surface area contributed by atoms with Crippen LogP contribution in [0.4, 0.5) is 0 Å². The molecule has 98 valence electrons. The van der Waals surface area contributed by atoms with E-state index in [4.69, 9.17) is 5.26 Å². The SMILES string of the molecule is CCCCCCC(CCC#N)[Se]c1ccccc1. The van der Waals surface area contributed by atoms with Gasteiger partial charge in [-0.25, -0.2) is 0 Å². The molecular weight excluding hydrogens is 285 g/mol. The zero-order valence-electron chi connectivity index (χ0n) is 11.3. The molecule has 0 bridgehead atoms. The standard InChI is InChI=1S/C16H23NSe/c1-2-3-4-6-10-16(13-9-14-17)18-15-11-7-5-8-12-15/h5,7-8,11-12,16H,2-4,6,9-10,13H2,1H3. The minimum absolute atomic E-state index is 0.532. The van der Waals surface area contributed by atoms with Gasteiger partial charge in [0, 0.05) is 0 Å². The summed E-state index contributed by atoms with van der Waals surface area (Å²) in [5, 5.41) is 8.75. The van der Waals surface area contributed by atoms with Crippen LogP contribution in [0.15, 0.2) is 30.3 Å². The molecule has 0 aliphatic rings. The molecule has 1 unspecified atom stereocenters. The number of hydrogen-bond acceptors (Lipinski definition) is 1. The summed E-state index contributed by atoms with van der Waals surface area (Å²) in [6, 6.07) is 13.1. The molecule has 1 aromatic carbocycles. The summed E-state index contributed by atoms with van der Waals surface area (Å²) in [4.78, 5) is 0.747. The van der Waals surface area contributed by atoms with Crippen LogP contribution in [0.2, 0.25) is 4.82 Å². The first-order valence-electron chi connectivity index (χ1n) is 6.95. The zero-order valence-corrected chi connectivity index (χ0v) is 13.0. The predicted octanol–water partition coefficient (Wildman–Crippen LogP) is 4.08. The summed E-state index contributed by atoms with van der Waals surface area (Å²) < 4.78 is 1.48. The Morgan fingerprint density at radius 2 is 1.89 bits per heavy atom. The van der Waals surface area contributed by atoms with Gasteiger partial charge in [0.2, 0.25) is 0 Å². The Kier molecular flexibility index (Phi) is 8.65. The molecule has 0 aliphatic heterocycles. The number of hydrogen-bond donors (Lipinski definition) is 0. The summed E-state index contributed by atoms with van der Waals surface area (Å²) in [5.41, 5.74) is 0. The van der Waals surface area contributed by atoms with Crippen molar-refractivity contribution in [1.29, 1.82) is 5.26 Å². The first-order valence-corrected chi connectivity index (χ1v) is 8.80. The molecule has 0 radical (unpaired) electrons. The second-order valence-electron chi connectivity index (χ2n) is 4.60. The molecule has 1 nitrogen and oxygen atoms in total. The summed E-state index contributed by atoms with van der Waals surface area (Å²) in [7, 11) is 0. The molecule has 0 heterocycles.